The van der Waals surface area contributed by atoms with E-state index in [1.54, 1.807) is 50.2 Å². The van der Waals surface area contributed by atoms with Gasteiger partial charge in [-0.2, -0.15) is 0 Å². The fraction of sp³-hybridized carbons (Fsp3) is 0.167. The van der Waals surface area contributed by atoms with Crippen molar-refractivity contribution in [2.75, 3.05) is 10.6 Å². The number of carboxylic acids is 1. The molecule has 1 atom stereocenters. The fourth-order valence-corrected chi connectivity index (χ4v) is 3.04. The van der Waals surface area contributed by atoms with Crippen LogP contribution < -0.4 is 16.0 Å². The third kappa shape index (κ3) is 6.12. The van der Waals surface area contributed by atoms with Gasteiger partial charge in [0.15, 0.2) is 0 Å². The van der Waals surface area contributed by atoms with Crippen LogP contribution in [0.5, 0.6) is 0 Å². The first-order valence-electron chi connectivity index (χ1n) is 10.3. The van der Waals surface area contributed by atoms with Crippen molar-refractivity contribution in [3.8, 4) is 11.3 Å². The molecule has 176 valence electrons. The number of nitrogens with zero attached hydrogens (tertiary/aromatic N) is 1. The molecule has 3 aromatic rings. The first kappa shape index (κ1) is 24.3. The molecule has 0 saturated heterocycles. The van der Waals surface area contributed by atoms with Gasteiger partial charge < -0.3 is 21.1 Å². The highest BCUT2D eigenvalue weighted by Gasteiger charge is 2.23. The van der Waals surface area contributed by atoms with E-state index in [4.69, 9.17) is 0 Å². The summed E-state index contributed by atoms with van der Waals surface area (Å²) in [5.74, 6) is -3.52. The second-order valence-electron chi connectivity index (χ2n) is 7.75. The maximum absolute atomic E-state index is 13.7. The SMILES string of the molecule is CC(C)[C@H](NC(=O)c1ccc(-c2ccc(NC(=O)Nc3ccc(F)cc3F)cn2)cc1)C(=O)O. The first-order valence-corrected chi connectivity index (χ1v) is 10.3. The van der Waals surface area contributed by atoms with Gasteiger partial charge in [-0.05, 0) is 42.3 Å². The van der Waals surface area contributed by atoms with Crippen molar-refractivity contribution >= 4 is 29.3 Å². The molecule has 10 heteroatoms. The summed E-state index contributed by atoms with van der Waals surface area (Å²) >= 11 is 0. The average Bonchev–Trinajstić information content (AvgIpc) is 2.79. The van der Waals surface area contributed by atoms with Crippen molar-refractivity contribution in [2.24, 2.45) is 5.92 Å². The lowest BCUT2D eigenvalue weighted by Gasteiger charge is -2.17. The molecule has 0 radical (unpaired) electrons. The molecule has 0 saturated carbocycles. The number of halogens is 2. The molecule has 8 nitrogen and oxygen atoms in total. The third-order valence-corrected chi connectivity index (χ3v) is 4.86. The first-order chi connectivity index (χ1) is 16.1. The van der Waals surface area contributed by atoms with Gasteiger partial charge in [0.05, 0.1) is 23.3 Å². The Morgan fingerprint density at radius 1 is 0.941 bits per heavy atom. The van der Waals surface area contributed by atoms with Gasteiger partial charge in [-0.15, -0.1) is 0 Å². The average molecular weight is 468 g/mol. The van der Waals surface area contributed by atoms with Gasteiger partial charge in [0.2, 0.25) is 0 Å². The number of carbonyl (C=O) groups is 3. The monoisotopic (exact) mass is 468 g/mol. The zero-order valence-electron chi connectivity index (χ0n) is 18.3. The van der Waals surface area contributed by atoms with E-state index in [0.717, 1.165) is 12.1 Å². The van der Waals surface area contributed by atoms with Gasteiger partial charge in [0.1, 0.15) is 17.7 Å². The lowest BCUT2D eigenvalue weighted by Crippen LogP contribution is -2.44. The van der Waals surface area contributed by atoms with Crippen molar-refractivity contribution in [2.45, 2.75) is 19.9 Å². The molecule has 0 aliphatic carbocycles. The topological polar surface area (TPSA) is 120 Å². The molecule has 0 unspecified atom stereocenters. The molecule has 1 heterocycles. The van der Waals surface area contributed by atoms with Crippen LogP contribution in [0.25, 0.3) is 11.3 Å². The highest BCUT2D eigenvalue weighted by Crippen LogP contribution is 2.20. The molecular formula is C24H22F2N4O4. The van der Waals surface area contributed by atoms with Gasteiger partial charge in [0.25, 0.3) is 5.91 Å². The quantitative estimate of drug-likeness (QED) is 0.407. The molecule has 3 amide bonds. The molecule has 3 rings (SSSR count). The lowest BCUT2D eigenvalue weighted by molar-refractivity contribution is -0.140. The molecule has 2 aromatic carbocycles. The van der Waals surface area contributed by atoms with Crippen molar-refractivity contribution in [1.29, 1.82) is 0 Å². The van der Waals surface area contributed by atoms with Gasteiger partial charge in [0, 0.05) is 17.2 Å². The second kappa shape index (κ2) is 10.5. The summed E-state index contributed by atoms with van der Waals surface area (Å²) in [6.07, 6.45) is 1.40. The highest BCUT2D eigenvalue weighted by atomic mass is 19.1. The van der Waals surface area contributed by atoms with Gasteiger partial charge in [-0.3, -0.25) is 9.78 Å². The number of carboxylic acid groups (broad SMARTS) is 1. The Kier molecular flexibility index (Phi) is 7.52. The number of hydrogen-bond acceptors (Lipinski definition) is 4. The van der Waals surface area contributed by atoms with Crippen LogP contribution in [0.4, 0.5) is 25.0 Å². The van der Waals surface area contributed by atoms with Gasteiger partial charge >= 0.3 is 12.0 Å². The smallest absolute Gasteiger partial charge is 0.326 e. The van der Waals surface area contributed by atoms with Crippen molar-refractivity contribution in [3.63, 3.8) is 0 Å². The van der Waals surface area contributed by atoms with Crippen molar-refractivity contribution in [1.82, 2.24) is 10.3 Å². The maximum Gasteiger partial charge on any atom is 0.326 e. The minimum atomic E-state index is -1.10. The van der Waals surface area contributed by atoms with Crippen LogP contribution in [0.3, 0.4) is 0 Å². The van der Waals surface area contributed by atoms with Crippen LogP contribution in [-0.4, -0.2) is 34.0 Å². The van der Waals surface area contributed by atoms with Crippen LogP contribution >= 0.6 is 0 Å². The summed E-state index contributed by atoms with van der Waals surface area (Å²) < 4.78 is 26.6. The minimum Gasteiger partial charge on any atom is -0.480 e. The lowest BCUT2D eigenvalue weighted by atomic mass is 10.0. The molecule has 4 N–H and O–H groups in total. The number of aromatic nitrogens is 1. The summed E-state index contributed by atoms with van der Waals surface area (Å²) in [6.45, 7) is 3.41. The zero-order valence-corrected chi connectivity index (χ0v) is 18.3. The predicted octanol–water partition coefficient (Wildman–Crippen LogP) is 4.51. The van der Waals surface area contributed by atoms with Crippen LogP contribution in [0.15, 0.2) is 60.8 Å². The van der Waals surface area contributed by atoms with Crippen molar-refractivity contribution in [3.05, 3.63) is 78.0 Å². The molecule has 0 fully saturated rings. The maximum atomic E-state index is 13.7. The van der Waals surface area contributed by atoms with Crippen molar-refractivity contribution < 1.29 is 28.3 Å². The van der Waals surface area contributed by atoms with Crippen LogP contribution in [0, 0.1) is 17.6 Å². The van der Waals surface area contributed by atoms with E-state index in [0.29, 0.717) is 28.6 Å². The second-order valence-corrected chi connectivity index (χ2v) is 7.75. The van der Waals surface area contributed by atoms with E-state index >= 15 is 0 Å². The summed E-state index contributed by atoms with van der Waals surface area (Å²) in [5, 5.41) is 16.5. The van der Waals surface area contributed by atoms with Crippen LogP contribution in [-0.2, 0) is 4.79 Å². The largest absolute Gasteiger partial charge is 0.480 e. The number of carbonyl (C=O) groups excluding carboxylic acids is 2. The summed E-state index contributed by atoms with van der Waals surface area (Å²) in [4.78, 5) is 39.9. The molecular weight excluding hydrogens is 446 g/mol. The number of pyridine rings is 1. The molecule has 34 heavy (non-hydrogen) atoms. The minimum absolute atomic E-state index is 0.171. The number of amides is 3. The molecule has 0 aliphatic heterocycles. The Labute approximate surface area is 194 Å². The Morgan fingerprint density at radius 3 is 2.21 bits per heavy atom. The number of rotatable bonds is 7. The Hall–Kier alpha value is -4.34. The normalized spacial score (nSPS) is 11.6. The van der Waals surface area contributed by atoms with E-state index in [9.17, 15) is 28.3 Å². The molecule has 0 aliphatic rings. The Bertz CT molecular complexity index is 1200. The van der Waals surface area contributed by atoms with E-state index in [2.05, 4.69) is 20.9 Å². The summed E-state index contributed by atoms with van der Waals surface area (Å²) in [5.41, 5.74) is 1.73. The van der Waals surface area contributed by atoms with Crippen LogP contribution in [0.1, 0.15) is 24.2 Å². The third-order valence-electron chi connectivity index (χ3n) is 4.86. The molecule has 0 bridgehead atoms. The van der Waals surface area contributed by atoms with Gasteiger partial charge in [-0.1, -0.05) is 26.0 Å². The Balaban J connectivity index is 1.62. The van der Waals surface area contributed by atoms with Crippen LogP contribution in [0.2, 0.25) is 0 Å². The standard InChI is InChI=1S/C24H22F2N4O4/c1-13(2)21(23(32)33)30-22(31)15-5-3-14(4-6-15)19-10-8-17(12-27-19)28-24(34)29-20-9-7-16(25)11-18(20)26/h3-13,21H,1-2H3,(H,30,31)(H,32,33)(H2,28,29,34)/t21-/m0/s1. The summed E-state index contributed by atoms with van der Waals surface area (Å²) in [7, 11) is 0. The van der Waals surface area contributed by atoms with E-state index in [-0.39, 0.29) is 11.6 Å². The Morgan fingerprint density at radius 2 is 1.65 bits per heavy atom. The van der Waals surface area contributed by atoms with E-state index in [1.165, 1.54) is 6.20 Å². The number of benzene rings is 2. The van der Waals surface area contributed by atoms with Gasteiger partial charge in [-0.25, -0.2) is 18.4 Å². The molecule has 0 spiro atoms. The fourth-order valence-electron chi connectivity index (χ4n) is 3.04. The molecule has 1 aromatic heterocycles. The predicted molar refractivity (Wildman–Crippen MR) is 122 cm³/mol. The van der Waals surface area contributed by atoms with E-state index in [1.807, 2.05) is 0 Å². The zero-order chi connectivity index (χ0) is 24.8. The highest BCUT2D eigenvalue weighted by molar-refractivity contribution is 6.00. The van der Waals surface area contributed by atoms with E-state index < -0.39 is 35.6 Å². The number of aliphatic carboxylic acids is 1. The number of anilines is 2. The summed E-state index contributed by atoms with van der Waals surface area (Å²) in [6, 6.07) is 10.8. The number of hydrogen-bond donors (Lipinski definition) is 4. The number of nitrogens with one attached hydrogen (secondary N) is 3. The number of urea groups is 1.